The van der Waals surface area contributed by atoms with Crippen LogP contribution >= 0.6 is 0 Å². The molecular weight excluding hydrogens is 294 g/mol. The molecular formula is C17H21N3O3. The van der Waals surface area contributed by atoms with Crippen molar-refractivity contribution in [1.29, 1.82) is 0 Å². The zero-order valence-corrected chi connectivity index (χ0v) is 13.7. The van der Waals surface area contributed by atoms with Crippen LogP contribution in [0.15, 0.2) is 30.7 Å². The Hall–Kier alpha value is -2.05. The van der Waals surface area contributed by atoms with E-state index in [0.29, 0.717) is 25.3 Å². The normalized spacial score (nSPS) is 20.7. The van der Waals surface area contributed by atoms with Gasteiger partial charge in [-0.3, -0.25) is 14.8 Å². The fourth-order valence-corrected chi connectivity index (χ4v) is 3.07. The summed E-state index contributed by atoms with van der Waals surface area (Å²) in [6, 6.07) is 3.56. The third-order valence-corrected chi connectivity index (χ3v) is 3.89. The summed E-state index contributed by atoms with van der Waals surface area (Å²) in [6.45, 7) is 5.49. The predicted octanol–water partition coefficient (Wildman–Crippen LogP) is 1.90. The Morgan fingerprint density at radius 1 is 1.43 bits per heavy atom. The number of ether oxygens (including phenoxy) is 2. The highest BCUT2D eigenvalue weighted by molar-refractivity contribution is 6.05. The van der Waals surface area contributed by atoms with E-state index in [-0.39, 0.29) is 12.0 Å². The van der Waals surface area contributed by atoms with Crippen molar-refractivity contribution in [3.63, 3.8) is 0 Å². The summed E-state index contributed by atoms with van der Waals surface area (Å²) in [5.41, 5.74) is 0.988. The molecule has 0 bridgehead atoms. The minimum absolute atomic E-state index is 0.0251. The average molecular weight is 315 g/mol. The van der Waals surface area contributed by atoms with Crippen LogP contribution in [-0.2, 0) is 9.47 Å². The summed E-state index contributed by atoms with van der Waals surface area (Å²) in [4.78, 5) is 23.3. The van der Waals surface area contributed by atoms with Gasteiger partial charge in [-0.2, -0.15) is 0 Å². The molecule has 6 nitrogen and oxygen atoms in total. The van der Waals surface area contributed by atoms with Crippen molar-refractivity contribution in [2.45, 2.75) is 25.6 Å². The number of aromatic nitrogens is 2. The zero-order chi connectivity index (χ0) is 16.4. The summed E-state index contributed by atoms with van der Waals surface area (Å²) in [5.74, 6) is -0.0251. The Morgan fingerprint density at radius 2 is 2.26 bits per heavy atom. The van der Waals surface area contributed by atoms with Crippen molar-refractivity contribution < 1.29 is 14.3 Å². The van der Waals surface area contributed by atoms with E-state index in [4.69, 9.17) is 9.47 Å². The van der Waals surface area contributed by atoms with Crippen LogP contribution in [0.3, 0.4) is 0 Å². The van der Waals surface area contributed by atoms with Crippen molar-refractivity contribution in [3.05, 3.63) is 36.3 Å². The number of pyridine rings is 2. The van der Waals surface area contributed by atoms with E-state index in [0.717, 1.165) is 10.9 Å². The van der Waals surface area contributed by atoms with Crippen LogP contribution in [0.4, 0.5) is 0 Å². The lowest BCUT2D eigenvalue weighted by molar-refractivity contribution is -0.143. The van der Waals surface area contributed by atoms with E-state index in [1.807, 2.05) is 24.8 Å². The SMILES string of the molecule is COCC1CN(C(=O)c2ccnc3ccncc23)CC(C)(C)O1. The second-order valence-corrected chi connectivity index (χ2v) is 6.39. The molecule has 1 fully saturated rings. The molecule has 1 saturated heterocycles. The Labute approximate surface area is 135 Å². The Bertz CT molecular complexity index is 712. The number of rotatable bonds is 3. The molecule has 0 saturated carbocycles. The van der Waals surface area contributed by atoms with Crippen LogP contribution in [0.25, 0.3) is 10.9 Å². The van der Waals surface area contributed by atoms with Gasteiger partial charge in [-0.1, -0.05) is 0 Å². The van der Waals surface area contributed by atoms with Crippen molar-refractivity contribution >= 4 is 16.8 Å². The number of fused-ring (bicyclic) bond motifs is 1. The quantitative estimate of drug-likeness (QED) is 0.865. The molecule has 1 aliphatic rings. The lowest BCUT2D eigenvalue weighted by atomic mass is 10.0. The second-order valence-electron chi connectivity index (χ2n) is 6.39. The van der Waals surface area contributed by atoms with Crippen LogP contribution < -0.4 is 0 Å². The topological polar surface area (TPSA) is 64.5 Å². The van der Waals surface area contributed by atoms with Crippen molar-refractivity contribution in [1.82, 2.24) is 14.9 Å². The van der Waals surface area contributed by atoms with Crippen LogP contribution in [0, 0.1) is 0 Å². The maximum Gasteiger partial charge on any atom is 0.254 e. The van der Waals surface area contributed by atoms with Gasteiger partial charge >= 0.3 is 0 Å². The average Bonchev–Trinajstić information content (AvgIpc) is 2.52. The predicted molar refractivity (Wildman–Crippen MR) is 86.3 cm³/mol. The summed E-state index contributed by atoms with van der Waals surface area (Å²) in [7, 11) is 1.64. The highest BCUT2D eigenvalue weighted by atomic mass is 16.5. The van der Waals surface area contributed by atoms with Gasteiger partial charge in [0.05, 0.1) is 29.4 Å². The van der Waals surface area contributed by atoms with E-state index >= 15 is 0 Å². The Kier molecular flexibility index (Phi) is 4.28. The van der Waals surface area contributed by atoms with E-state index in [2.05, 4.69) is 9.97 Å². The van der Waals surface area contributed by atoms with Gasteiger partial charge in [0.2, 0.25) is 0 Å². The molecule has 1 atom stereocenters. The highest BCUT2D eigenvalue weighted by Gasteiger charge is 2.36. The summed E-state index contributed by atoms with van der Waals surface area (Å²) in [5, 5.41) is 0.771. The van der Waals surface area contributed by atoms with E-state index in [1.165, 1.54) is 0 Å². The summed E-state index contributed by atoms with van der Waals surface area (Å²) >= 11 is 0. The van der Waals surface area contributed by atoms with E-state index in [9.17, 15) is 4.79 Å². The number of hydrogen-bond donors (Lipinski definition) is 0. The molecule has 0 aromatic carbocycles. The van der Waals surface area contributed by atoms with Crippen LogP contribution in [0.1, 0.15) is 24.2 Å². The van der Waals surface area contributed by atoms with Gasteiger partial charge < -0.3 is 14.4 Å². The molecule has 3 heterocycles. The molecule has 3 rings (SSSR count). The van der Waals surface area contributed by atoms with Gasteiger partial charge in [-0.15, -0.1) is 0 Å². The van der Waals surface area contributed by atoms with Crippen LogP contribution in [0.5, 0.6) is 0 Å². The fraction of sp³-hybridized carbons (Fsp3) is 0.471. The molecule has 0 aliphatic carbocycles. The van der Waals surface area contributed by atoms with E-state index in [1.54, 1.807) is 31.8 Å². The third kappa shape index (κ3) is 3.33. The molecule has 1 amide bonds. The third-order valence-electron chi connectivity index (χ3n) is 3.89. The van der Waals surface area contributed by atoms with Gasteiger partial charge in [-0.25, -0.2) is 0 Å². The first-order valence-corrected chi connectivity index (χ1v) is 7.65. The smallest absolute Gasteiger partial charge is 0.254 e. The number of carbonyl (C=O) groups is 1. The summed E-state index contributed by atoms with van der Waals surface area (Å²) < 4.78 is 11.2. The molecule has 2 aromatic rings. The highest BCUT2D eigenvalue weighted by Crippen LogP contribution is 2.24. The van der Waals surface area contributed by atoms with E-state index < -0.39 is 5.60 Å². The number of carbonyl (C=O) groups excluding carboxylic acids is 1. The van der Waals surface area contributed by atoms with Crippen LogP contribution in [0.2, 0.25) is 0 Å². The van der Waals surface area contributed by atoms with Gasteiger partial charge in [-0.05, 0) is 26.0 Å². The molecule has 0 radical (unpaired) electrons. The lowest BCUT2D eigenvalue weighted by Gasteiger charge is -2.42. The molecule has 0 spiro atoms. The second kappa shape index (κ2) is 6.22. The Morgan fingerprint density at radius 3 is 3.04 bits per heavy atom. The number of amides is 1. The maximum absolute atomic E-state index is 13.0. The monoisotopic (exact) mass is 315 g/mol. The van der Waals surface area contributed by atoms with Crippen LogP contribution in [-0.4, -0.2) is 59.3 Å². The zero-order valence-electron chi connectivity index (χ0n) is 13.7. The largest absolute Gasteiger partial charge is 0.382 e. The molecule has 6 heteroatoms. The van der Waals surface area contributed by atoms with Crippen molar-refractivity contribution in [3.8, 4) is 0 Å². The molecule has 23 heavy (non-hydrogen) atoms. The van der Waals surface area contributed by atoms with Gasteiger partial charge in [0.1, 0.15) is 0 Å². The standard InChI is InChI=1S/C17H21N3O3/c1-17(2)11-20(9-12(23-17)10-22-3)16(21)13-4-7-19-15-5-6-18-8-14(13)15/h4-8,12H,9-11H2,1-3H3. The van der Waals surface area contributed by atoms with Gasteiger partial charge in [0, 0.05) is 44.2 Å². The van der Waals surface area contributed by atoms with Gasteiger partial charge in [0.25, 0.3) is 5.91 Å². The fourth-order valence-electron chi connectivity index (χ4n) is 3.07. The minimum atomic E-state index is -0.405. The van der Waals surface area contributed by atoms with Gasteiger partial charge in [0.15, 0.2) is 0 Å². The number of morpholine rings is 1. The number of nitrogens with zero attached hydrogens (tertiary/aromatic N) is 3. The first-order chi connectivity index (χ1) is 11.0. The first-order valence-electron chi connectivity index (χ1n) is 7.65. The number of methoxy groups -OCH3 is 1. The molecule has 2 aromatic heterocycles. The molecule has 1 aliphatic heterocycles. The van der Waals surface area contributed by atoms with Crippen molar-refractivity contribution in [2.75, 3.05) is 26.8 Å². The maximum atomic E-state index is 13.0. The molecule has 1 unspecified atom stereocenters. The summed E-state index contributed by atoms with van der Waals surface area (Å²) in [6.07, 6.45) is 4.90. The molecule has 122 valence electrons. The molecule has 0 N–H and O–H groups in total. The van der Waals surface area contributed by atoms with Crippen molar-refractivity contribution in [2.24, 2.45) is 0 Å². The first kappa shape index (κ1) is 15.8. The Balaban J connectivity index is 1.92. The number of hydrogen-bond acceptors (Lipinski definition) is 5. The lowest BCUT2D eigenvalue weighted by Crippen LogP contribution is -2.55. The minimum Gasteiger partial charge on any atom is -0.382 e.